The summed E-state index contributed by atoms with van der Waals surface area (Å²) < 4.78 is 5.55. The zero-order chi connectivity index (χ0) is 9.19. The molecule has 0 aromatic carbocycles. The Hall–Kier alpha value is -0.120. The van der Waals surface area contributed by atoms with Crippen LogP contribution in [0.4, 0.5) is 0 Å². The van der Waals surface area contributed by atoms with Gasteiger partial charge in [-0.1, -0.05) is 13.3 Å². The number of ether oxygens (including phenoxy) is 1. The van der Waals surface area contributed by atoms with E-state index >= 15 is 0 Å². The first-order valence-electron chi connectivity index (χ1n) is 4.58. The molecule has 3 heteroatoms. The van der Waals surface area contributed by atoms with Gasteiger partial charge >= 0.3 is 0 Å². The molecule has 2 N–H and O–H groups in total. The van der Waals surface area contributed by atoms with Gasteiger partial charge < -0.3 is 14.9 Å². The van der Waals surface area contributed by atoms with E-state index in [-0.39, 0.29) is 18.3 Å². The summed E-state index contributed by atoms with van der Waals surface area (Å²) in [6, 6.07) is 0. The lowest BCUT2D eigenvalue weighted by atomic mass is 9.95. The van der Waals surface area contributed by atoms with Crippen LogP contribution < -0.4 is 0 Å². The maximum atomic E-state index is 9.47. The van der Waals surface area contributed by atoms with Crippen LogP contribution in [0.15, 0.2) is 0 Å². The van der Waals surface area contributed by atoms with Gasteiger partial charge in [0.15, 0.2) is 0 Å². The zero-order valence-electron chi connectivity index (χ0n) is 7.79. The molecule has 3 atom stereocenters. The van der Waals surface area contributed by atoms with E-state index < -0.39 is 6.10 Å². The highest BCUT2D eigenvalue weighted by Crippen LogP contribution is 2.33. The van der Waals surface area contributed by atoms with Crippen LogP contribution in [0, 0.1) is 0 Å². The van der Waals surface area contributed by atoms with Crippen molar-refractivity contribution in [1.29, 1.82) is 0 Å². The van der Waals surface area contributed by atoms with Crippen molar-refractivity contribution >= 4 is 0 Å². The van der Waals surface area contributed by atoms with E-state index in [1.54, 1.807) is 0 Å². The zero-order valence-corrected chi connectivity index (χ0v) is 7.79. The average Bonchev–Trinajstić information content (AvgIpc) is 2.27. The molecule has 1 fully saturated rings. The molecule has 1 aliphatic heterocycles. The van der Waals surface area contributed by atoms with E-state index in [1.165, 1.54) is 0 Å². The van der Waals surface area contributed by atoms with E-state index in [4.69, 9.17) is 9.84 Å². The van der Waals surface area contributed by atoms with Gasteiger partial charge in [0.2, 0.25) is 0 Å². The SMILES string of the molecule is CCC[C@]1(C)C[C@@H](O)[C@H](CO)O1. The predicted molar refractivity (Wildman–Crippen MR) is 45.9 cm³/mol. The summed E-state index contributed by atoms with van der Waals surface area (Å²) in [4.78, 5) is 0. The van der Waals surface area contributed by atoms with Crippen molar-refractivity contribution in [3.63, 3.8) is 0 Å². The minimum absolute atomic E-state index is 0.0829. The third-order valence-electron chi connectivity index (χ3n) is 2.46. The Morgan fingerprint density at radius 3 is 2.67 bits per heavy atom. The second kappa shape index (κ2) is 3.73. The Morgan fingerprint density at radius 2 is 2.25 bits per heavy atom. The molecule has 0 unspecified atom stereocenters. The van der Waals surface area contributed by atoms with Crippen molar-refractivity contribution in [3.8, 4) is 0 Å². The predicted octanol–water partition coefficient (Wildman–Crippen LogP) is 0.687. The van der Waals surface area contributed by atoms with Crippen molar-refractivity contribution in [1.82, 2.24) is 0 Å². The summed E-state index contributed by atoms with van der Waals surface area (Å²) in [7, 11) is 0. The first-order valence-corrected chi connectivity index (χ1v) is 4.58. The second-order valence-corrected chi connectivity index (χ2v) is 3.81. The molecule has 1 rings (SSSR count). The van der Waals surface area contributed by atoms with Crippen molar-refractivity contribution in [2.75, 3.05) is 6.61 Å². The average molecular weight is 174 g/mol. The van der Waals surface area contributed by atoms with Gasteiger partial charge in [0.05, 0.1) is 18.3 Å². The fourth-order valence-corrected chi connectivity index (χ4v) is 1.91. The van der Waals surface area contributed by atoms with E-state index in [1.807, 2.05) is 6.92 Å². The van der Waals surface area contributed by atoms with Gasteiger partial charge in [-0.3, -0.25) is 0 Å². The molecule has 0 amide bonds. The molecule has 1 heterocycles. The lowest BCUT2D eigenvalue weighted by molar-refractivity contribution is -0.0672. The Labute approximate surface area is 73.4 Å². The van der Waals surface area contributed by atoms with Crippen LogP contribution in [0.3, 0.4) is 0 Å². The lowest BCUT2D eigenvalue weighted by Crippen LogP contribution is -2.26. The second-order valence-electron chi connectivity index (χ2n) is 3.81. The first kappa shape index (κ1) is 9.96. The van der Waals surface area contributed by atoms with Crippen molar-refractivity contribution in [2.24, 2.45) is 0 Å². The molecule has 0 saturated carbocycles. The highest BCUT2D eigenvalue weighted by atomic mass is 16.5. The van der Waals surface area contributed by atoms with Crippen LogP contribution in [-0.4, -0.2) is 34.6 Å². The maximum Gasteiger partial charge on any atom is 0.107 e. The van der Waals surface area contributed by atoms with Crippen molar-refractivity contribution in [3.05, 3.63) is 0 Å². The molecule has 0 aromatic heterocycles. The standard InChI is InChI=1S/C9H18O3/c1-3-4-9(2)5-7(11)8(6-10)12-9/h7-8,10-11H,3-6H2,1-2H3/t7-,8+,9-/m1/s1. The highest BCUT2D eigenvalue weighted by molar-refractivity contribution is 4.90. The number of rotatable bonds is 3. The van der Waals surface area contributed by atoms with Crippen molar-refractivity contribution < 1.29 is 14.9 Å². The van der Waals surface area contributed by atoms with E-state index in [0.29, 0.717) is 6.42 Å². The minimum atomic E-state index is -0.494. The highest BCUT2D eigenvalue weighted by Gasteiger charge is 2.41. The van der Waals surface area contributed by atoms with Crippen LogP contribution >= 0.6 is 0 Å². The third kappa shape index (κ3) is 1.97. The summed E-state index contributed by atoms with van der Waals surface area (Å²) in [6.07, 6.45) is 1.77. The summed E-state index contributed by atoms with van der Waals surface area (Å²) >= 11 is 0. The molecule has 1 aliphatic rings. The smallest absolute Gasteiger partial charge is 0.107 e. The van der Waals surface area contributed by atoms with Crippen LogP contribution in [0.25, 0.3) is 0 Å². The Morgan fingerprint density at radius 1 is 1.58 bits per heavy atom. The fraction of sp³-hybridized carbons (Fsp3) is 1.00. The van der Waals surface area contributed by atoms with Crippen molar-refractivity contribution in [2.45, 2.75) is 50.9 Å². The minimum Gasteiger partial charge on any atom is -0.394 e. The normalized spacial score (nSPS) is 42.0. The first-order chi connectivity index (χ1) is 5.61. The molecule has 3 nitrogen and oxygen atoms in total. The molecular weight excluding hydrogens is 156 g/mol. The molecule has 0 spiro atoms. The van der Waals surface area contributed by atoms with E-state index in [2.05, 4.69) is 6.92 Å². The largest absolute Gasteiger partial charge is 0.394 e. The monoisotopic (exact) mass is 174 g/mol. The van der Waals surface area contributed by atoms with Gasteiger partial charge in [0, 0.05) is 6.42 Å². The van der Waals surface area contributed by atoms with Crippen LogP contribution in [0.5, 0.6) is 0 Å². The quantitative estimate of drug-likeness (QED) is 0.661. The summed E-state index contributed by atoms with van der Waals surface area (Å²) in [6.45, 7) is 4.00. The van der Waals surface area contributed by atoms with Gasteiger partial charge in [0.1, 0.15) is 6.10 Å². The molecule has 12 heavy (non-hydrogen) atoms. The van der Waals surface area contributed by atoms with Gasteiger partial charge in [-0.15, -0.1) is 0 Å². The van der Waals surface area contributed by atoms with Gasteiger partial charge in [-0.25, -0.2) is 0 Å². The van der Waals surface area contributed by atoms with Crippen LogP contribution in [0.2, 0.25) is 0 Å². The Balaban J connectivity index is 2.51. The number of aliphatic hydroxyl groups excluding tert-OH is 2. The van der Waals surface area contributed by atoms with Crippen LogP contribution in [0.1, 0.15) is 33.1 Å². The van der Waals surface area contributed by atoms with Crippen LogP contribution in [-0.2, 0) is 4.74 Å². The Bertz CT molecular complexity index is 149. The summed E-state index contributed by atoms with van der Waals surface area (Å²) in [5, 5.41) is 18.3. The molecule has 72 valence electrons. The number of aliphatic hydroxyl groups is 2. The number of hydrogen-bond acceptors (Lipinski definition) is 3. The lowest BCUT2D eigenvalue weighted by Gasteiger charge is -2.23. The fourth-order valence-electron chi connectivity index (χ4n) is 1.91. The molecule has 1 saturated heterocycles. The maximum absolute atomic E-state index is 9.47. The summed E-state index contributed by atoms with van der Waals surface area (Å²) in [5.74, 6) is 0. The Kier molecular flexibility index (Phi) is 3.09. The molecule has 0 bridgehead atoms. The summed E-state index contributed by atoms with van der Waals surface area (Å²) in [5.41, 5.74) is -0.221. The molecule has 0 aromatic rings. The number of hydrogen-bond donors (Lipinski definition) is 2. The topological polar surface area (TPSA) is 49.7 Å². The van der Waals surface area contributed by atoms with E-state index in [0.717, 1.165) is 12.8 Å². The third-order valence-corrected chi connectivity index (χ3v) is 2.46. The van der Waals surface area contributed by atoms with Gasteiger partial charge in [-0.2, -0.15) is 0 Å². The van der Waals surface area contributed by atoms with Gasteiger partial charge in [-0.05, 0) is 13.3 Å². The molecular formula is C9H18O3. The molecule has 0 aliphatic carbocycles. The van der Waals surface area contributed by atoms with Gasteiger partial charge in [0.25, 0.3) is 0 Å². The molecule has 0 radical (unpaired) electrons. The van der Waals surface area contributed by atoms with E-state index in [9.17, 15) is 5.11 Å².